The van der Waals surface area contributed by atoms with Gasteiger partial charge in [-0.05, 0) is 36.5 Å². The van der Waals surface area contributed by atoms with Crippen molar-refractivity contribution in [2.24, 2.45) is 5.92 Å². The highest BCUT2D eigenvalue weighted by atomic mass is 16.3. The molecule has 1 aliphatic carbocycles. The second-order valence-corrected chi connectivity index (χ2v) is 7.91. The van der Waals surface area contributed by atoms with Crippen LogP contribution in [0.1, 0.15) is 49.3 Å². The lowest BCUT2D eigenvalue weighted by atomic mass is 9.72. The van der Waals surface area contributed by atoms with Crippen molar-refractivity contribution < 1.29 is 10.2 Å². The van der Waals surface area contributed by atoms with E-state index < -0.39 is 5.60 Å². The second-order valence-electron chi connectivity index (χ2n) is 7.91. The van der Waals surface area contributed by atoms with E-state index in [2.05, 4.69) is 60.2 Å². The predicted octanol–water partition coefficient (Wildman–Crippen LogP) is 4.62. The minimum Gasteiger partial charge on any atom is -0.396 e. The predicted molar refractivity (Wildman–Crippen MR) is 110 cm³/mol. The fraction of sp³-hybridized carbons (Fsp3) is 0.417. The first-order valence-electron chi connectivity index (χ1n) is 10.1. The van der Waals surface area contributed by atoms with Crippen molar-refractivity contribution in [3.8, 4) is 0 Å². The van der Waals surface area contributed by atoms with Gasteiger partial charge in [0.25, 0.3) is 0 Å². The molecule has 0 saturated heterocycles. The van der Waals surface area contributed by atoms with Crippen LogP contribution in [0.25, 0.3) is 10.9 Å². The van der Waals surface area contributed by atoms with Gasteiger partial charge in [-0.15, -0.1) is 0 Å². The Morgan fingerprint density at radius 1 is 1.04 bits per heavy atom. The maximum absolute atomic E-state index is 11.6. The molecule has 0 spiro atoms. The Bertz CT molecular complexity index is 912. The Balaban J connectivity index is 1.76. The number of aliphatic hydroxyl groups is 2. The van der Waals surface area contributed by atoms with Crippen LogP contribution in [0.4, 0.5) is 0 Å². The molecule has 3 aromatic rings. The van der Waals surface area contributed by atoms with E-state index in [1.165, 1.54) is 11.1 Å². The first-order chi connectivity index (χ1) is 13.2. The fourth-order valence-electron chi connectivity index (χ4n) is 4.62. The van der Waals surface area contributed by atoms with Gasteiger partial charge in [-0.3, -0.25) is 0 Å². The van der Waals surface area contributed by atoms with Crippen molar-refractivity contribution >= 4 is 10.9 Å². The van der Waals surface area contributed by atoms with E-state index in [0.717, 1.165) is 55.1 Å². The monoisotopic (exact) mass is 363 g/mol. The number of hydrogen-bond donors (Lipinski definition) is 2. The Hall–Kier alpha value is -2.10. The van der Waals surface area contributed by atoms with Crippen LogP contribution in [0.3, 0.4) is 0 Å². The van der Waals surface area contributed by atoms with Crippen LogP contribution < -0.4 is 0 Å². The van der Waals surface area contributed by atoms with E-state index in [0.29, 0.717) is 0 Å². The largest absolute Gasteiger partial charge is 0.396 e. The molecule has 1 aromatic heterocycles. The normalized spacial score (nSPS) is 23.0. The van der Waals surface area contributed by atoms with Gasteiger partial charge in [-0.1, -0.05) is 62.2 Å². The average Bonchev–Trinajstić information content (AvgIpc) is 3.08. The number of nitrogens with zero attached hydrogens (tertiary/aromatic N) is 1. The van der Waals surface area contributed by atoms with Crippen LogP contribution in [0.5, 0.6) is 0 Å². The number of para-hydroxylation sites is 1. The maximum atomic E-state index is 11.6. The van der Waals surface area contributed by atoms with Gasteiger partial charge < -0.3 is 14.8 Å². The number of hydrogen-bond acceptors (Lipinski definition) is 2. The third kappa shape index (κ3) is 3.30. The maximum Gasteiger partial charge on any atom is 0.0967 e. The molecule has 2 unspecified atom stereocenters. The molecular formula is C24H29NO2. The van der Waals surface area contributed by atoms with Gasteiger partial charge in [-0.25, -0.2) is 0 Å². The Kier molecular flexibility index (Phi) is 5.07. The smallest absolute Gasteiger partial charge is 0.0967 e. The highest BCUT2D eigenvalue weighted by Gasteiger charge is 2.41. The van der Waals surface area contributed by atoms with Gasteiger partial charge in [0.05, 0.1) is 5.60 Å². The number of rotatable bonds is 5. The van der Waals surface area contributed by atoms with Gasteiger partial charge in [0, 0.05) is 41.7 Å². The lowest BCUT2D eigenvalue weighted by Crippen LogP contribution is -2.39. The van der Waals surface area contributed by atoms with Crippen LogP contribution in [0.2, 0.25) is 0 Å². The second kappa shape index (κ2) is 7.49. The van der Waals surface area contributed by atoms with Crippen molar-refractivity contribution in [3.63, 3.8) is 0 Å². The summed E-state index contributed by atoms with van der Waals surface area (Å²) in [6.45, 7) is 2.99. The minimum atomic E-state index is -0.941. The van der Waals surface area contributed by atoms with Crippen LogP contribution >= 0.6 is 0 Å². The molecule has 2 N–H and O–H groups in total. The first-order valence-corrected chi connectivity index (χ1v) is 10.1. The lowest BCUT2D eigenvalue weighted by Gasteiger charge is -2.39. The third-order valence-electron chi connectivity index (χ3n) is 6.30. The van der Waals surface area contributed by atoms with Gasteiger partial charge in [-0.2, -0.15) is 0 Å². The molecule has 3 nitrogen and oxygen atoms in total. The number of benzene rings is 2. The molecule has 1 fully saturated rings. The molecule has 0 amide bonds. The summed E-state index contributed by atoms with van der Waals surface area (Å²) in [6, 6.07) is 17.1. The number of aliphatic hydroxyl groups excluding tert-OH is 1. The van der Waals surface area contributed by atoms with Crippen molar-refractivity contribution in [1.82, 2.24) is 4.57 Å². The molecule has 2 atom stereocenters. The van der Waals surface area contributed by atoms with Gasteiger partial charge in [0.1, 0.15) is 0 Å². The fourth-order valence-corrected chi connectivity index (χ4v) is 4.62. The van der Waals surface area contributed by atoms with E-state index in [-0.39, 0.29) is 12.5 Å². The van der Waals surface area contributed by atoms with Crippen LogP contribution in [-0.4, -0.2) is 21.4 Å². The highest BCUT2D eigenvalue weighted by molar-refractivity contribution is 5.85. The quantitative estimate of drug-likeness (QED) is 0.695. The number of fused-ring (bicyclic) bond motifs is 1. The molecule has 142 valence electrons. The van der Waals surface area contributed by atoms with E-state index in [9.17, 15) is 10.2 Å². The van der Waals surface area contributed by atoms with Gasteiger partial charge >= 0.3 is 0 Å². The summed E-state index contributed by atoms with van der Waals surface area (Å²) >= 11 is 0. The summed E-state index contributed by atoms with van der Waals surface area (Å²) < 4.78 is 2.24. The van der Waals surface area contributed by atoms with Crippen molar-refractivity contribution in [1.29, 1.82) is 0 Å². The molecule has 27 heavy (non-hydrogen) atoms. The zero-order valence-electron chi connectivity index (χ0n) is 16.1. The van der Waals surface area contributed by atoms with E-state index in [1.807, 2.05) is 6.07 Å². The van der Waals surface area contributed by atoms with E-state index in [1.54, 1.807) is 0 Å². The Labute approximate surface area is 161 Å². The topological polar surface area (TPSA) is 45.4 Å². The Morgan fingerprint density at radius 3 is 2.52 bits per heavy atom. The highest BCUT2D eigenvalue weighted by Crippen LogP contribution is 2.44. The molecule has 1 heterocycles. The summed E-state index contributed by atoms with van der Waals surface area (Å²) in [6.07, 6.45) is 6.85. The van der Waals surface area contributed by atoms with E-state index >= 15 is 0 Å². The van der Waals surface area contributed by atoms with E-state index in [4.69, 9.17) is 0 Å². The molecule has 4 rings (SSSR count). The zero-order chi connectivity index (χ0) is 18.9. The molecule has 0 aliphatic heterocycles. The summed E-state index contributed by atoms with van der Waals surface area (Å²) in [5.41, 5.74) is 3.78. The average molecular weight is 364 g/mol. The Morgan fingerprint density at radius 2 is 1.78 bits per heavy atom. The summed E-state index contributed by atoms with van der Waals surface area (Å²) in [5.74, 6) is -0.0886. The molecule has 1 aliphatic rings. The summed E-state index contributed by atoms with van der Waals surface area (Å²) in [5, 5.41) is 22.6. The van der Waals surface area contributed by atoms with Crippen LogP contribution in [0.15, 0.2) is 54.7 Å². The molecule has 1 saturated carbocycles. The van der Waals surface area contributed by atoms with Gasteiger partial charge in [0.15, 0.2) is 0 Å². The summed E-state index contributed by atoms with van der Waals surface area (Å²) in [4.78, 5) is 0. The lowest BCUT2D eigenvalue weighted by molar-refractivity contribution is -0.0719. The summed E-state index contributed by atoms with van der Waals surface area (Å²) in [7, 11) is 0. The zero-order valence-corrected chi connectivity index (χ0v) is 16.1. The first kappa shape index (κ1) is 18.3. The SMILES string of the molecule is CCc1ccc(Cn2cc(C3(O)CCCCC3CO)c3ccccc32)cc1. The van der Waals surface area contributed by atoms with Crippen LogP contribution in [-0.2, 0) is 18.6 Å². The molecule has 3 heteroatoms. The molecule has 2 aromatic carbocycles. The number of aryl methyl sites for hydroxylation is 1. The molecule has 0 radical (unpaired) electrons. The third-order valence-corrected chi connectivity index (χ3v) is 6.30. The van der Waals surface area contributed by atoms with Crippen molar-refractivity contribution in [3.05, 3.63) is 71.4 Å². The standard InChI is InChI=1S/C24H29NO2/c1-2-18-10-12-19(13-11-18)15-25-16-22(21-8-3-4-9-23(21)25)24(27)14-6-5-7-20(24)17-26/h3-4,8-13,16,20,26-27H,2,5-7,14-15,17H2,1H3. The van der Waals surface area contributed by atoms with Crippen molar-refractivity contribution in [2.75, 3.05) is 6.61 Å². The molecule has 0 bridgehead atoms. The van der Waals surface area contributed by atoms with Crippen molar-refractivity contribution in [2.45, 2.75) is 51.2 Å². The van der Waals surface area contributed by atoms with Crippen LogP contribution in [0, 0.1) is 5.92 Å². The molecular weight excluding hydrogens is 334 g/mol. The van der Waals surface area contributed by atoms with Gasteiger partial charge in [0.2, 0.25) is 0 Å². The minimum absolute atomic E-state index is 0.0362. The number of aromatic nitrogens is 1.